The molecule has 0 amide bonds. The highest BCUT2D eigenvalue weighted by atomic mass is 32.2. The summed E-state index contributed by atoms with van der Waals surface area (Å²) in [4.78, 5) is 2.78. The van der Waals surface area contributed by atoms with Crippen LogP contribution in [0.15, 0.2) is 86.3 Å². The molecule has 25 heavy (non-hydrogen) atoms. The smallest absolute Gasteiger partial charge is 0.157 e. The molecule has 0 fully saturated rings. The van der Waals surface area contributed by atoms with Crippen LogP contribution in [0.5, 0.6) is 0 Å². The molecule has 0 saturated heterocycles. The second-order valence-corrected chi connectivity index (χ2v) is 7.19. The SMILES string of the molecule is N#Cc1cc(Sc2ccccc2)c(Sc2ccccc2)c(F)c1C#N. The summed E-state index contributed by atoms with van der Waals surface area (Å²) in [5.74, 6) is -0.645. The molecule has 0 aliphatic heterocycles. The molecule has 0 N–H and O–H groups in total. The van der Waals surface area contributed by atoms with Gasteiger partial charge in [-0.1, -0.05) is 59.9 Å². The van der Waals surface area contributed by atoms with E-state index >= 15 is 0 Å². The van der Waals surface area contributed by atoms with Crippen LogP contribution in [0, 0.1) is 28.5 Å². The van der Waals surface area contributed by atoms with Gasteiger partial charge < -0.3 is 0 Å². The molecule has 5 heteroatoms. The van der Waals surface area contributed by atoms with E-state index in [9.17, 15) is 14.9 Å². The van der Waals surface area contributed by atoms with Gasteiger partial charge in [0.05, 0.1) is 10.5 Å². The van der Waals surface area contributed by atoms with Crippen LogP contribution in [0.25, 0.3) is 0 Å². The Hall–Kier alpha value is -2.73. The van der Waals surface area contributed by atoms with Crippen LogP contribution < -0.4 is 0 Å². The van der Waals surface area contributed by atoms with Crippen LogP contribution in [0.1, 0.15) is 11.1 Å². The number of nitrogens with zero attached hydrogens (tertiary/aromatic N) is 2. The minimum absolute atomic E-state index is 0.0517. The van der Waals surface area contributed by atoms with E-state index in [1.54, 1.807) is 6.07 Å². The van der Waals surface area contributed by atoms with Gasteiger partial charge in [-0.15, -0.1) is 0 Å². The van der Waals surface area contributed by atoms with Gasteiger partial charge >= 0.3 is 0 Å². The Kier molecular flexibility index (Phi) is 5.40. The fourth-order valence-electron chi connectivity index (χ4n) is 2.20. The van der Waals surface area contributed by atoms with Crippen molar-refractivity contribution >= 4 is 23.5 Å². The number of hydrogen-bond acceptors (Lipinski definition) is 4. The second-order valence-electron chi connectivity index (χ2n) is 4.99. The molecule has 0 aromatic heterocycles. The van der Waals surface area contributed by atoms with Gasteiger partial charge in [-0.3, -0.25) is 0 Å². The lowest BCUT2D eigenvalue weighted by Crippen LogP contribution is -1.96. The molecule has 0 saturated carbocycles. The lowest BCUT2D eigenvalue weighted by atomic mass is 10.1. The van der Waals surface area contributed by atoms with Crippen LogP contribution in [-0.2, 0) is 0 Å². The fraction of sp³-hybridized carbons (Fsp3) is 0. The van der Waals surface area contributed by atoms with Crippen LogP contribution >= 0.6 is 23.5 Å². The molecule has 3 rings (SSSR count). The monoisotopic (exact) mass is 362 g/mol. The first-order valence-electron chi connectivity index (χ1n) is 7.35. The van der Waals surface area contributed by atoms with Crippen molar-refractivity contribution in [3.05, 3.63) is 83.7 Å². The lowest BCUT2D eigenvalue weighted by Gasteiger charge is -2.12. The highest BCUT2D eigenvalue weighted by Gasteiger charge is 2.20. The summed E-state index contributed by atoms with van der Waals surface area (Å²) in [6, 6.07) is 24.3. The van der Waals surface area contributed by atoms with Gasteiger partial charge in [0, 0.05) is 14.7 Å². The predicted octanol–water partition coefficient (Wildman–Crippen LogP) is 5.87. The molecule has 0 bridgehead atoms. The average molecular weight is 362 g/mol. The minimum atomic E-state index is -0.645. The zero-order valence-corrected chi connectivity index (χ0v) is 14.6. The highest BCUT2D eigenvalue weighted by Crippen LogP contribution is 2.42. The molecule has 0 aliphatic rings. The maximum absolute atomic E-state index is 15.0. The van der Waals surface area contributed by atoms with Gasteiger partial charge in [0.25, 0.3) is 0 Å². The van der Waals surface area contributed by atoms with Gasteiger partial charge in [-0.05, 0) is 30.3 Å². The van der Waals surface area contributed by atoms with Gasteiger partial charge in [0.2, 0.25) is 0 Å². The third kappa shape index (κ3) is 3.85. The predicted molar refractivity (Wildman–Crippen MR) is 97.0 cm³/mol. The van der Waals surface area contributed by atoms with E-state index in [-0.39, 0.29) is 11.1 Å². The Morgan fingerprint density at radius 2 is 1.32 bits per heavy atom. The van der Waals surface area contributed by atoms with Crippen molar-refractivity contribution in [2.24, 2.45) is 0 Å². The summed E-state index contributed by atoms with van der Waals surface area (Å²) >= 11 is 2.63. The van der Waals surface area contributed by atoms with Crippen molar-refractivity contribution < 1.29 is 4.39 Å². The Balaban J connectivity index is 2.12. The van der Waals surface area contributed by atoms with E-state index in [1.165, 1.54) is 23.5 Å². The van der Waals surface area contributed by atoms with Gasteiger partial charge in [-0.2, -0.15) is 10.5 Å². The number of nitriles is 2. The molecule has 2 nitrogen and oxygen atoms in total. The molecule has 0 spiro atoms. The van der Waals surface area contributed by atoms with Gasteiger partial charge in [0.1, 0.15) is 17.7 Å². The Morgan fingerprint density at radius 1 is 0.760 bits per heavy atom. The molecule has 0 radical (unpaired) electrons. The maximum Gasteiger partial charge on any atom is 0.157 e. The fourth-order valence-corrected chi connectivity index (χ4v) is 4.24. The summed E-state index contributed by atoms with van der Waals surface area (Å²) < 4.78 is 15.0. The first kappa shape index (κ1) is 17.1. The Labute approximate surface area is 153 Å². The number of benzene rings is 3. The summed E-state index contributed by atoms with van der Waals surface area (Å²) in [5.41, 5.74) is -0.158. The van der Waals surface area contributed by atoms with E-state index < -0.39 is 5.82 Å². The van der Waals surface area contributed by atoms with Crippen LogP contribution in [0.4, 0.5) is 4.39 Å². The molecule has 3 aromatic rings. The Bertz CT molecular complexity index is 975. The van der Waals surface area contributed by atoms with E-state index in [0.29, 0.717) is 9.79 Å². The van der Waals surface area contributed by atoms with E-state index in [0.717, 1.165) is 9.79 Å². The van der Waals surface area contributed by atoms with E-state index in [2.05, 4.69) is 0 Å². The highest BCUT2D eigenvalue weighted by molar-refractivity contribution is 8.02. The van der Waals surface area contributed by atoms with Crippen LogP contribution in [0.3, 0.4) is 0 Å². The molecule has 0 atom stereocenters. The Morgan fingerprint density at radius 3 is 1.84 bits per heavy atom. The van der Waals surface area contributed by atoms with Crippen molar-refractivity contribution in [2.75, 3.05) is 0 Å². The topological polar surface area (TPSA) is 47.6 Å². The van der Waals surface area contributed by atoms with Crippen LogP contribution in [-0.4, -0.2) is 0 Å². The molecule has 3 aromatic carbocycles. The molecule has 120 valence electrons. The first-order chi connectivity index (χ1) is 12.2. The third-order valence-electron chi connectivity index (χ3n) is 3.35. The molecule has 0 heterocycles. The lowest BCUT2D eigenvalue weighted by molar-refractivity contribution is 0.589. The summed E-state index contributed by atoms with van der Waals surface area (Å²) in [6.45, 7) is 0. The first-order valence-corrected chi connectivity index (χ1v) is 8.98. The van der Waals surface area contributed by atoms with E-state index in [1.807, 2.05) is 72.8 Å². The van der Waals surface area contributed by atoms with Gasteiger partial charge in [-0.25, -0.2) is 4.39 Å². The molecular formula is C20H11FN2S2. The summed E-state index contributed by atoms with van der Waals surface area (Å²) in [7, 11) is 0. The minimum Gasteiger partial charge on any atom is -0.204 e. The van der Waals surface area contributed by atoms with Crippen molar-refractivity contribution in [1.29, 1.82) is 10.5 Å². The number of hydrogen-bond donors (Lipinski definition) is 0. The second kappa shape index (κ2) is 7.90. The van der Waals surface area contributed by atoms with Gasteiger partial charge in [0.15, 0.2) is 5.82 Å². The molecular weight excluding hydrogens is 351 g/mol. The maximum atomic E-state index is 15.0. The zero-order valence-electron chi connectivity index (χ0n) is 12.9. The van der Waals surface area contributed by atoms with Crippen molar-refractivity contribution in [3.63, 3.8) is 0 Å². The molecule has 0 aliphatic carbocycles. The number of halogens is 1. The summed E-state index contributed by atoms with van der Waals surface area (Å²) in [5, 5.41) is 18.5. The van der Waals surface area contributed by atoms with Crippen molar-refractivity contribution in [2.45, 2.75) is 19.6 Å². The average Bonchev–Trinajstić information content (AvgIpc) is 2.66. The normalized spacial score (nSPS) is 10.0. The van der Waals surface area contributed by atoms with Crippen molar-refractivity contribution in [3.8, 4) is 12.1 Å². The van der Waals surface area contributed by atoms with E-state index in [4.69, 9.17) is 0 Å². The van der Waals surface area contributed by atoms with Crippen molar-refractivity contribution in [1.82, 2.24) is 0 Å². The summed E-state index contributed by atoms with van der Waals surface area (Å²) in [6.07, 6.45) is 0. The quantitative estimate of drug-likeness (QED) is 0.582. The zero-order chi connectivity index (χ0) is 17.6. The molecule has 0 unspecified atom stereocenters. The largest absolute Gasteiger partial charge is 0.204 e. The third-order valence-corrected chi connectivity index (χ3v) is 5.64. The standard InChI is InChI=1S/C20H11FN2S2/c21-19-17(13-23)14(12-22)11-18(24-15-7-3-1-4-8-15)20(19)25-16-9-5-2-6-10-16/h1-11H. The number of rotatable bonds is 4. The van der Waals surface area contributed by atoms with Crippen LogP contribution in [0.2, 0.25) is 0 Å².